The van der Waals surface area contributed by atoms with Gasteiger partial charge in [-0.25, -0.2) is 0 Å². The molecule has 2 N–H and O–H groups in total. The molecule has 0 atom stereocenters. The highest BCUT2D eigenvalue weighted by Crippen LogP contribution is 2.46. The molecule has 2 aliphatic heterocycles. The molecule has 7 nitrogen and oxygen atoms in total. The highest BCUT2D eigenvalue weighted by Gasteiger charge is 2.40. The van der Waals surface area contributed by atoms with Crippen molar-refractivity contribution >= 4 is 16.5 Å². The van der Waals surface area contributed by atoms with Crippen LogP contribution in [0.3, 0.4) is 0 Å². The van der Waals surface area contributed by atoms with Crippen LogP contribution < -0.4 is 15.0 Å². The van der Waals surface area contributed by atoms with Gasteiger partial charge in [-0.2, -0.15) is 10.1 Å². The molecule has 0 spiro atoms. The van der Waals surface area contributed by atoms with E-state index < -0.39 is 0 Å². The minimum Gasteiger partial charge on any atom is -0.472 e. The Morgan fingerprint density at radius 3 is 2.70 bits per heavy atom. The molecule has 33 heavy (non-hydrogen) atoms. The molecule has 2 aromatic heterocycles. The first kappa shape index (κ1) is 22.4. The molecule has 0 unspecified atom stereocenters. The Morgan fingerprint density at radius 1 is 1.21 bits per heavy atom. The number of benzene rings is 1. The summed E-state index contributed by atoms with van der Waals surface area (Å²) < 4.78 is 7.85. The number of anilines is 1. The van der Waals surface area contributed by atoms with Gasteiger partial charge in [-0.1, -0.05) is 23.5 Å². The minimum absolute atomic E-state index is 0.0798. The standard InChI is InChI=1S/C25H33N5O2S/c1-24(2)11-19(12-25(3,4)28-24)29(5)23-27-22-21(33-23)20-7-6-16(10-17(20)15-32-22)18-13-26-30(14-18)8-9-31/h6-7,10,13-14,19,28,31H,8-9,11-12,15H2,1-5H3. The molecule has 3 aromatic rings. The molecule has 2 aliphatic rings. The van der Waals surface area contributed by atoms with E-state index in [-0.39, 0.29) is 17.7 Å². The Morgan fingerprint density at radius 2 is 1.97 bits per heavy atom. The highest BCUT2D eigenvalue weighted by atomic mass is 32.1. The number of hydrogen-bond acceptors (Lipinski definition) is 7. The molecule has 4 heterocycles. The first-order valence-electron chi connectivity index (χ1n) is 11.6. The van der Waals surface area contributed by atoms with Crippen LogP contribution in [0.1, 0.15) is 46.1 Å². The fourth-order valence-corrected chi connectivity index (χ4v) is 6.52. The monoisotopic (exact) mass is 467 g/mol. The van der Waals surface area contributed by atoms with Crippen LogP contribution >= 0.6 is 11.3 Å². The number of piperidine rings is 1. The van der Waals surface area contributed by atoms with E-state index in [1.54, 1.807) is 16.0 Å². The van der Waals surface area contributed by atoms with Gasteiger partial charge in [0.15, 0.2) is 5.13 Å². The van der Waals surface area contributed by atoms with Crippen LogP contribution in [0, 0.1) is 0 Å². The number of rotatable bonds is 5. The number of aromatic nitrogens is 3. The van der Waals surface area contributed by atoms with Crippen molar-refractivity contribution in [1.29, 1.82) is 0 Å². The zero-order valence-electron chi connectivity index (χ0n) is 20.1. The second-order valence-electron chi connectivity index (χ2n) is 10.6. The molecule has 0 amide bonds. The van der Waals surface area contributed by atoms with Gasteiger partial charge in [0.1, 0.15) is 11.5 Å². The summed E-state index contributed by atoms with van der Waals surface area (Å²) in [5.41, 5.74) is 4.68. The lowest BCUT2D eigenvalue weighted by Crippen LogP contribution is -2.61. The number of hydrogen-bond donors (Lipinski definition) is 2. The minimum atomic E-state index is 0.0798. The summed E-state index contributed by atoms with van der Waals surface area (Å²) in [4.78, 5) is 8.34. The maximum absolute atomic E-state index is 9.14. The predicted molar refractivity (Wildman–Crippen MR) is 133 cm³/mol. The number of fused-ring (bicyclic) bond motifs is 3. The molecular formula is C25H33N5O2S. The number of aliphatic hydroxyl groups excluding tert-OH is 1. The lowest BCUT2D eigenvalue weighted by molar-refractivity contribution is 0.161. The average Bonchev–Trinajstić information content (AvgIpc) is 3.38. The van der Waals surface area contributed by atoms with E-state index in [9.17, 15) is 0 Å². The van der Waals surface area contributed by atoms with Crippen molar-refractivity contribution in [2.75, 3.05) is 18.6 Å². The second kappa shape index (κ2) is 8.11. The van der Waals surface area contributed by atoms with Crippen molar-refractivity contribution in [1.82, 2.24) is 20.1 Å². The highest BCUT2D eigenvalue weighted by molar-refractivity contribution is 7.19. The molecule has 0 aliphatic carbocycles. The first-order valence-corrected chi connectivity index (χ1v) is 12.4. The van der Waals surface area contributed by atoms with E-state index in [1.165, 1.54) is 5.56 Å². The normalized spacial score (nSPS) is 19.0. The van der Waals surface area contributed by atoms with E-state index in [1.807, 2.05) is 12.4 Å². The molecule has 1 fully saturated rings. The SMILES string of the molecule is CN(c1nc2c(s1)-c1ccc(-c3cnn(CCO)c3)cc1CO2)C1CC(C)(C)NC(C)(C)C1. The van der Waals surface area contributed by atoms with Gasteiger partial charge in [-0.05, 0) is 57.7 Å². The molecular weight excluding hydrogens is 434 g/mol. The summed E-state index contributed by atoms with van der Waals surface area (Å²) in [5.74, 6) is 0.741. The third-order valence-corrected chi connectivity index (χ3v) is 7.77. The van der Waals surface area contributed by atoms with Gasteiger partial charge in [0.25, 0.3) is 0 Å². The maximum Gasteiger partial charge on any atom is 0.234 e. The van der Waals surface area contributed by atoms with E-state index >= 15 is 0 Å². The Balaban J connectivity index is 1.41. The van der Waals surface area contributed by atoms with Gasteiger partial charge in [-0.15, -0.1) is 0 Å². The van der Waals surface area contributed by atoms with Crippen molar-refractivity contribution in [3.63, 3.8) is 0 Å². The fourth-order valence-electron chi connectivity index (χ4n) is 5.41. The molecule has 176 valence electrons. The smallest absolute Gasteiger partial charge is 0.234 e. The average molecular weight is 468 g/mol. The maximum atomic E-state index is 9.14. The van der Waals surface area contributed by atoms with Crippen LogP contribution in [0.15, 0.2) is 30.6 Å². The van der Waals surface area contributed by atoms with Gasteiger partial charge in [0.2, 0.25) is 5.88 Å². The van der Waals surface area contributed by atoms with Gasteiger partial charge in [0.05, 0.1) is 19.3 Å². The van der Waals surface area contributed by atoms with Crippen molar-refractivity contribution in [3.05, 3.63) is 36.2 Å². The van der Waals surface area contributed by atoms with E-state index in [0.717, 1.165) is 45.4 Å². The lowest BCUT2D eigenvalue weighted by atomic mass is 9.79. The topological polar surface area (TPSA) is 75.4 Å². The summed E-state index contributed by atoms with van der Waals surface area (Å²) in [6.45, 7) is 10.2. The van der Waals surface area contributed by atoms with Crippen LogP contribution in [0.5, 0.6) is 5.88 Å². The third kappa shape index (κ3) is 4.39. The molecule has 0 radical (unpaired) electrons. The summed E-state index contributed by atoms with van der Waals surface area (Å²) in [5, 5.41) is 18.2. The molecule has 0 bridgehead atoms. The van der Waals surface area contributed by atoms with Crippen molar-refractivity contribution in [2.24, 2.45) is 0 Å². The lowest BCUT2D eigenvalue weighted by Gasteiger charge is -2.48. The van der Waals surface area contributed by atoms with Gasteiger partial charge >= 0.3 is 0 Å². The fraction of sp³-hybridized carbons (Fsp3) is 0.520. The molecule has 1 aromatic carbocycles. The van der Waals surface area contributed by atoms with Crippen LogP contribution in [0.25, 0.3) is 21.6 Å². The predicted octanol–water partition coefficient (Wildman–Crippen LogP) is 4.30. The van der Waals surface area contributed by atoms with Crippen LogP contribution in [0.4, 0.5) is 5.13 Å². The number of aliphatic hydroxyl groups is 1. The zero-order valence-corrected chi connectivity index (χ0v) is 20.9. The molecule has 0 saturated carbocycles. The largest absolute Gasteiger partial charge is 0.472 e. The number of nitrogens with one attached hydrogen (secondary N) is 1. The summed E-state index contributed by atoms with van der Waals surface area (Å²) in [7, 11) is 2.17. The van der Waals surface area contributed by atoms with Crippen molar-refractivity contribution < 1.29 is 9.84 Å². The second-order valence-corrected chi connectivity index (χ2v) is 11.6. The summed E-state index contributed by atoms with van der Waals surface area (Å²) >= 11 is 1.72. The Bertz CT molecular complexity index is 1150. The van der Waals surface area contributed by atoms with Crippen LogP contribution in [0.2, 0.25) is 0 Å². The van der Waals surface area contributed by atoms with E-state index in [0.29, 0.717) is 19.2 Å². The van der Waals surface area contributed by atoms with E-state index in [4.69, 9.17) is 14.8 Å². The summed E-state index contributed by atoms with van der Waals surface area (Å²) in [6.07, 6.45) is 5.95. The Hall–Kier alpha value is -2.42. The number of nitrogens with zero attached hydrogens (tertiary/aromatic N) is 4. The number of ether oxygens (including phenoxy) is 1. The molecule has 5 rings (SSSR count). The zero-order chi connectivity index (χ0) is 23.4. The first-order chi connectivity index (χ1) is 15.6. The van der Waals surface area contributed by atoms with Crippen LogP contribution in [-0.2, 0) is 13.2 Å². The van der Waals surface area contributed by atoms with Crippen LogP contribution in [-0.4, -0.2) is 50.6 Å². The molecule has 8 heteroatoms. The summed E-state index contributed by atoms with van der Waals surface area (Å²) in [6, 6.07) is 6.91. The Labute approximate surface area is 199 Å². The van der Waals surface area contributed by atoms with E-state index in [2.05, 4.69) is 68.3 Å². The Kier molecular flexibility index (Phi) is 5.50. The quantitative estimate of drug-likeness (QED) is 0.583. The van der Waals surface area contributed by atoms with Gasteiger partial charge in [-0.3, -0.25) is 4.68 Å². The molecule has 1 saturated heterocycles. The van der Waals surface area contributed by atoms with Gasteiger partial charge < -0.3 is 20.1 Å². The third-order valence-electron chi connectivity index (χ3n) is 6.61. The van der Waals surface area contributed by atoms with Crippen molar-refractivity contribution in [2.45, 2.75) is 70.8 Å². The van der Waals surface area contributed by atoms with Crippen molar-refractivity contribution in [3.8, 4) is 27.4 Å². The van der Waals surface area contributed by atoms with Gasteiger partial charge in [0, 0.05) is 41.5 Å². The number of thiazole rings is 1.